The number of aromatic nitrogens is 1. The van der Waals surface area contributed by atoms with E-state index in [1.165, 1.54) is 0 Å². The van der Waals surface area contributed by atoms with E-state index in [1.807, 2.05) is 32.0 Å². The van der Waals surface area contributed by atoms with Crippen LogP contribution in [0.15, 0.2) is 28.8 Å². The number of nitrogens with two attached hydrogens (primary N) is 1. The molecule has 1 aromatic heterocycles. The summed E-state index contributed by atoms with van der Waals surface area (Å²) >= 11 is 0. The second-order valence-electron chi connectivity index (χ2n) is 6.51. The Balaban J connectivity index is 1.67. The van der Waals surface area contributed by atoms with Crippen molar-refractivity contribution in [3.8, 4) is 0 Å². The van der Waals surface area contributed by atoms with E-state index in [1.54, 1.807) is 10.4 Å². The Hall–Kier alpha value is -1.86. The van der Waals surface area contributed by atoms with Crippen LogP contribution in [-0.2, 0) is 15.8 Å². The topological polar surface area (TPSA) is 89.4 Å². The molecule has 0 atom stereocenters. The molecule has 6 nitrogen and oxygen atoms in total. The van der Waals surface area contributed by atoms with Gasteiger partial charge in [-0.3, -0.25) is 0 Å². The Bertz CT molecular complexity index is 821. The third kappa shape index (κ3) is 3.62. The SMILES string of the molecule is Cc1ccc(C)c(CS(=O)(=O)N2CCC(c3cc(N)on3)CC2)c1. The predicted molar refractivity (Wildman–Crippen MR) is 93.0 cm³/mol. The highest BCUT2D eigenvalue weighted by atomic mass is 32.2. The lowest BCUT2D eigenvalue weighted by molar-refractivity contribution is 0.309. The van der Waals surface area contributed by atoms with Crippen molar-refractivity contribution >= 4 is 15.9 Å². The maximum absolute atomic E-state index is 12.7. The molecule has 1 saturated heterocycles. The molecule has 1 aromatic carbocycles. The van der Waals surface area contributed by atoms with Crippen molar-refractivity contribution in [2.45, 2.75) is 38.4 Å². The van der Waals surface area contributed by atoms with Crippen molar-refractivity contribution in [2.24, 2.45) is 0 Å². The number of benzene rings is 1. The summed E-state index contributed by atoms with van der Waals surface area (Å²) in [5.41, 5.74) is 9.34. The van der Waals surface area contributed by atoms with Crippen LogP contribution in [0.5, 0.6) is 0 Å². The Labute approximate surface area is 142 Å². The fourth-order valence-corrected chi connectivity index (χ4v) is 4.82. The zero-order valence-electron chi connectivity index (χ0n) is 14.0. The summed E-state index contributed by atoms with van der Waals surface area (Å²) in [4.78, 5) is 0. The summed E-state index contributed by atoms with van der Waals surface area (Å²) in [6, 6.07) is 7.66. The van der Waals surface area contributed by atoms with Crippen LogP contribution in [-0.4, -0.2) is 31.0 Å². The molecule has 2 heterocycles. The molecule has 2 aromatic rings. The van der Waals surface area contributed by atoms with Crippen LogP contribution in [0.2, 0.25) is 0 Å². The van der Waals surface area contributed by atoms with Crippen LogP contribution in [0.25, 0.3) is 0 Å². The molecule has 0 amide bonds. The predicted octanol–water partition coefficient (Wildman–Crippen LogP) is 2.58. The molecular weight excluding hydrogens is 326 g/mol. The molecule has 1 aliphatic rings. The van der Waals surface area contributed by atoms with Gasteiger partial charge in [0, 0.05) is 25.1 Å². The van der Waals surface area contributed by atoms with Gasteiger partial charge >= 0.3 is 0 Å². The summed E-state index contributed by atoms with van der Waals surface area (Å²) in [7, 11) is -3.31. The third-order valence-electron chi connectivity index (χ3n) is 4.65. The fourth-order valence-electron chi connectivity index (χ4n) is 3.17. The van der Waals surface area contributed by atoms with Gasteiger partial charge in [-0.1, -0.05) is 28.9 Å². The number of piperidine rings is 1. The fraction of sp³-hybridized carbons (Fsp3) is 0.471. The average molecular weight is 349 g/mol. The molecule has 0 aliphatic carbocycles. The van der Waals surface area contributed by atoms with E-state index in [0.29, 0.717) is 19.0 Å². The normalized spacial score (nSPS) is 17.2. The van der Waals surface area contributed by atoms with Gasteiger partial charge in [0.15, 0.2) is 0 Å². The molecule has 130 valence electrons. The highest BCUT2D eigenvalue weighted by Crippen LogP contribution is 2.30. The van der Waals surface area contributed by atoms with Gasteiger partial charge in [-0.15, -0.1) is 0 Å². The Morgan fingerprint density at radius 2 is 1.96 bits per heavy atom. The van der Waals surface area contributed by atoms with Crippen LogP contribution in [0.1, 0.15) is 41.1 Å². The smallest absolute Gasteiger partial charge is 0.222 e. The summed E-state index contributed by atoms with van der Waals surface area (Å²) in [5, 5.41) is 3.95. The minimum atomic E-state index is -3.31. The maximum Gasteiger partial charge on any atom is 0.222 e. The molecule has 24 heavy (non-hydrogen) atoms. The monoisotopic (exact) mass is 349 g/mol. The van der Waals surface area contributed by atoms with E-state index in [4.69, 9.17) is 10.3 Å². The molecule has 3 rings (SSSR count). The van der Waals surface area contributed by atoms with Crippen LogP contribution in [0.3, 0.4) is 0 Å². The summed E-state index contributed by atoms with van der Waals surface area (Å²) in [5.74, 6) is 0.565. The molecule has 0 saturated carbocycles. The Morgan fingerprint density at radius 1 is 1.25 bits per heavy atom. The molecule has 0 spiro atoms. The minimum Gasteiger partial charge on any atom is -0.368 e. The van der Waals surface area contributed by atoms with E-state index in [9.17, 15) is 8.42 Å². The van der Waals surface area contributed by atoms with E-state index in [0.717, 1.165) is 35.2 Å². The molecule has 0 bridgehead atoms. The number of rotatable bonds is 4. The van der Waals surface area contributed by atoms with E-state index in [2.05, 4.69) is 5.16 Å². The Morgan fingerprint density at radius 3 is 2.58 bits per heavy atom. The van der Waals surface area contributed by atoms with Gasteiger partial charge in [-0.05, 0) is 37.8 Å². The quantitative estimate of drug-likeness (QED) is 0.916. The largest absolute Gasteiger partial charge is 0.368 e. The lowest BCUT2D eigenvalue weighted by atomic mass is 9.95. The van der Waals surface area contributed by atoms with E-state index < -0.39 is 10.0 Å². The van der Waals surface area contributed by atoms with Gasteiger partial charge in [0.1, 0.15) is 0 Å². The van der Waals surface area contributed by atoms with Gasteiger partial charge in [-0.2, -0.15) is 0 Å². The first-order valence-electron chi connectivity index (χ1n) is 8.11. The number of hydrogen-bond acceptors (Lipinski definition) is 5. The van der Waals surface area contributed by atoms with Crippen LogP contribution < -0.4 is 5.73 Å². The molecule has 1 aliphatic heterocycles. The number of sulfonamides is 1. The maximum atomic E-state index is 12.7. The van der Waals surface area contributed by atoms with Gasteiger partial charge in [0.2, 0.25) is 15.9 Å². The second-order valence-corrected chi connectivity index (χ2v) is 8.48. The van der Waals surface area contributed by atoms with Gasteiger partial charge < -0.3 is 10.3 Å². The van der Waals surface area contributed by atoms with Gasteiger partial charge in [0.25, 0.3) is 0 Å². The zero-order valence-corrected chi connectivity index (χ0v) is 14.8. The molecule has 1 fully saturated rings. The molecule has 0 unspecified atom stereocenters. The highest BCUT2D eigenvalue weighted by Gasteiger charge is 2.30. The van der Waals surface area contributed by atoms with Crippen LogP contribution in [0, 0.1) is 13.8 Å². The third-order valence-corrected chi connectivity index (χ3v) is 6.48. The minimum absolute atomic E-state index is 0.0576. The standard InChI is InChI=1S/C17H23N3O3S/c1-12-3-4-13(2)15(9-12)11-24(21,22)20-7-5-14(6-8-20)16-10-17(18)23-19-16/h3-4,9-10,14H,5-8,11,18H2,1-2H3. The number of nitrogen functional groups attached to an aromatic ring is 1. The molecule has 2 N–H and O–H groups in total. The van der Waals surface area contributed by atoms with Gasteiger partial charge in [-0.25, -0.2) is 12.7 Å². The van der Waals surface area contributed by atoms with E-state index >= 15 is 0 Å². The second kappa shape index (κ2) is 6.57. The van der Waals surface area contributed by atoms with Crippen LogP contribution >= 0.6 is 0 Å². The molecule has 7 heteroatoms. The first-order chi connectivity index (χ1) is 11.3. The molecular formula is C17H23N3O3S. The summed E-state index contributed by atoms with van der Waals surface area (Å²) < 4.78 is 32.0. The lowest BCUT2D eigenvalue weighted by Gasteiger charge is -2.30. The number of anilines is 1. The average Bonchev–Trinajstić information content (AvgIpc) is 2.97. The van der Waals surface area contributed by atoms with Gasteiger partial charge in [0.05, 0.1) is 11.4 Å². The van der Waals surface area contributed by atoms with E-state index in [-0.39, 0.29) is 11.7 Å². The van der Waals surface area contributed by atoms with Crippen molar-refractivity contribution in [2.75, 3.05) is 18.8 Å². The number of nitrogens with zero attached hydrogens (tertiary/aromatic N) is 2. The zero-order chi connectivity index (χ0) is 17.3. The summed E-state index contributed by atoms with van der Waals surface area (Å²) in [6.07, 6.45) is 1.47. The summed E-state index contributed by atoms with van der Waals surface area (Å²) in [6.45, 7) is 4.94. The first-order valence-corrected chi connectivity index (χ1v) is 9.72. The molecule has 0 radical (unpaired) electrons. The highest BCUT2D eigenvalue weighted by molar-refractivity contribution is 7.88. The number of hydrogen-bond donors (Lipinski definition) is 1. The van der Waals surface area contributed by atoms with Crippen molar-refractivity contribution in [3.63, 3.8) is 0 Å². The first kappa shape index (κ1) is 17.0. The van der Waals surface area contributed by atoms with Crippen molar-refractivity contribution < 1.29 is 12.9 Å². The van der Waals surface area contributed by atoms with Crippen molar-refractivity contribution in [1.29, 1.82) is 0 Å². The Kier molecular flexibility index (Phi) is 4.64. The van der Waals surface area contributed by atoms with Crippen molar-refractivity contribution in [1.82, 2.24) is 9.46 Å². The lowest BCUT2D eigenvalue weighted by Crippen LogP contribution is -2.38. The van der Waals surface area contributed by atoms with Crippen molar-refractivity contribution in [3.05, 3.63) is 46.6 Å². The number of aryl methyl sites for hydroxylation is 2. The van der Waals surface area contributed by atoms with Crippen LogP contribution in [0.4, 0.5) is 5.88 Å².